The van der Waals surface area contributed by atoms with E-state index in [1.807, 2.05) is 0 Å². The molecule has 124 valence electrons. The molecule has 1 saturated heterocycles. The lowest BCUT2D eigenvalue weighted by molar-refractivity contribution is -0.149. The fourth-order valence-corrected chi connectivity index (χ4v) is 2.89. The lowest BCUT2D eigenvalue weighted by atomic mass is 9.93. The molecular weight excluding hydrogens is 268 g/mol. The fourth-order valence-electron chi connectivity index (χ4n) is 2.89. The molecule has 0 amide bonds. The zero-order valence-corrected chi connectivity index (χ0v) is 14.1. The second kappa shape index (κ2) is 8.11. The third-order valence-corrected chi connectivity index (χ3v) is 4.39. The topological polar surface area (TPSA) is 64.8 Å². The molecular formula is C16H32N2O3. The molecule has 21 heavy (non-hydrogen) atoms. The first-order valence-electron chi connectivity index (χ1n) is 8.06. The monoisotopic (exact) mass is 300 g/mol. The van der Waals surface area contributed by atoms with Crippen LogP contribution >= 0.6 is 0 Å². The summed E-state index contributed by atoms with van der Waals surface area (Å²) in [6.07, 6.45) is 4.96. The Morgan fingerprint density at radius 1 is 1.43 bits per heavy atom. The maximum absolute atomic E-state index is 11.7. The number of methoxy groups -OCH3 is 1. The highest BCUT2D eigenvalue weighted by Crippen LogP contribution is 2.24. The Bertz CT molecular complexity index is 333. The van der Waals surface area contributed by atoms with Crippen molar-refractivity contribution in [3.05, 3.63) is 0 Å². The lowest BCUT2D eigenvalue weighted by Gasteiger charge is -2.39. The van der Waals surface area contributed by atoms with Crippen LogP contribution in [0.5, 0.6) is 0 Å². The Morgan fingerprint density at radius 3 is 2.76 bits per heavy atom. The van der Waals surface area contributed by atoms with Gasteiger partial charge in [0.1, 0.15) is 5.54 Å². The van der Waals surface area contributed by atoms with Gasteiger partial charge in [-0.3, -0.25) is 4.79 Å². The van der Waals surface area contributed by atoms with Crippen LogP contribution < -0.4 is 5.73 Å². The van der Waals surface area contributed by atoms with Crippen molar-refractivity contribution >= 4 is 5.97 Å². The number of unbranched alkanes of at least 4 members (excludes halogenated alkanes) is 1. The average Bonchev–Trinajstić information content (AvgIpc) is 2.44. The molecule has 2 N–H and O–H groups in total. The quantitative estimate of drug-likeness (QED) is 0.548. The minimum absolute atomic E-state index is 0.00837. The predicted molar refractivity (Wildman–Crippen MR) is 84.2 cm³/mol. The van der Waals surface area contributed by atoms with Crippen LogP contribution in [-0.4, -0.2) is 55.4 Å². The van der Waals surface area contributed by atoms with E-state index < -0.39 is 5.54 Å². The van der Waals surface area contributed by atoms with Crippen molar-refractivity contribution in [3.8, 4) is 0 Å². The van der Waals surface area contributed by atoms with Crippen LogP contribution in [-0.2, 0) is 14.3 Å². The van der Waals surface area contributed by atoms with E-state index >= 15 is 0 Å². The molecule has 0 aromatic carbocycles. The summed E-state index contributed by atoms with van der Waals surface area (Å²) in [6, 6.07) is 0. The molecule has 2 unspecified atom stereocenters. The van der Waals surface area contributed by atoms with E-state index in [9.17, 15) is 4.79 Å². The number of nitrogens with two attached hydrogens (primary N) is 1. The van der Waals surface area contributed by atoms with Gasteiger partial charge in [-0.25, -0.2) is 0 Å². The Morgan fingerprint density at radius 2 is 2.14 bits per heavy atom. The van der Waals surface area contributed by atoms with Crippen LogP contribution in [0.3, 0.4) is 0 Å². The van der Waals surface area contributed by atoms with E-state index in [2.05, 4.69) is 11.8 Å². The van der Waals surface area contributed by atoms with Crippen LogP contribution in [0.15, 0.2) is 0 Å². The van der Waals surface area contributed by atoms with Crippen molar-refractivity contribution in [2.45, 2.75) is 64.0 Å². The standard InChI is InChI=1S/C16H32N2O3/c1-5-21-14(19)16(3,17)10-6-7-11-18-12-8-9-15(2,13-18)20-4/h5-13,17H2,1-4H3. The third kappa shape index (κ3) is 5.93. The first-order chi connectivity index (χ1) is 9.83. The normalized spacial score (nSPS) is 26.3. The second-order valence-corrected chi connectivity index (χ2v) is 6.63. The highest BCUT2D eigenvalue weighted by Gasteiger charge is 2.31. The largest absolute Gasteiger partial charge is 0.465 e. The van der Waals surface area contributed by atoms with Crippen LogP contribution in [0.2, 0.25) is 0 Å². The molecule has 0 spiro atoms. The van der Waals surface area contributed by atoms with Gasteiger partial charge in [0.25, 0.3) is 0 Å². The molecule has 2 atom stereocenters. The van der Waals surface area contributed by atoms with Crippen LogP contribution in [0.4, 0.5) is 0 Å². The summed E-state index contributed by atoms with van der Waals surface area (Å²) in [5.74, 6) is -0.296. The maximum atomic E-state index is 11.7. The highest BCUT2D eigenvalue weighted by molar-refractivity contribution is 5.79. The number of ether oxygens (including phenoxy) is 2. The van der Waals surface area contributed by atoms with Crippen molar-refractivity contribution in [2.24, 2.45) is 5.73 Å². The van der Waals surface area contributed by atoms with Gasteiger partial charge in [-0.05, 0) is 66.0 Å². The first-order valence-corrected chi connectivity index (χ1v) is 8.06. The second-order valence-electron chi connectivity index (χ2n) is 6.63. The summed E-state index contributed by atoms with van der Waals surface area (Å²) in [7, 11) is 1.79. The summed E-state index contributed by atoms with van der Waals surface area (Å²) >= 11 is 0. The van der Waals surface area contributed by atoms with Crippen LogP contribution in [0.25, 0.3) is 0 Å². The van der Waals surface area contributed by atoms with E-state index in [0.717, 1.165) is 38.9 Å². The van der Waals surface area contributed by atoms with Crippen molar-refractivity contribution in [1.82, 2.24) is 4.90 Å². The number of rotatable bonds is 8. The molecule has 1 fully saturated rings. The number of carbonyl (C=O) groups excluding carboxylic acids is 1. The van der Waals surface area contributed by atoms with E-state index in [-0.39, 0.29) is 11.6 Å². The number of nitrogens with zero attached hydrogens (tertiary/aromatic N) is 1. The summed E-state index contributed by atoms with van der Waals surface area (Å²) in [6.45, 7) is 9.28. The fraction of sp³-hybridized carbons (Fsp3) is 0.938. The predicted octanol–water partition coefficient (Wildman–Crippen LogP) is 1.94. The molecule has 1 aliphatic heterocycles. The Labute approximate surface area is 129 Å². The summed E-state index contributed by atoms with van der Waals surface area (Å²) in [5, 5.41) is 0. The Balaban J connectivity index is 2.26. The van der Waals surface area contributed by atoms with Crippen molar-refractivity contribution < 1.29 is 14.3 Å². The molecule has 0 radical (unpaired) electrons. The van der Waals surface area contributed by atoms with Crippen LogP contribution in [0.1, 0.15) is 52.9 Å². The van der Waals surface area contributed by atoms with Gasteiger partial charge in [0.05, 0.1) is 12.2 Å². The number of piperidine rings is 1. The summed E-state index contributed by atoms with van der Waals surface area (Å²) < 4.78 is 10.6. The third-order valence-electron chi connectivity index (χ3n) is 4.39. The number of likely N-dealkylation sites (tertiary alicyclic amines) is 1. The molecule has 0 aliphatic carbocycles. The zero-order valence-electron chi connectivity index (χ0n) is 14.1. The van der Waals surface area contributed by atoms with E-state index in [0.29, 0.717) is 13.0 Å². The lowest BCUT2D eigenvalue weighted by Crippen LogP contribution is -2.48. The molecule has 1 aliphatic rings. The van der Waals surface area contributed by atoms with Gasteiger partial charge < -0.3 is 20.1 Å². The molecule has 1 rings (SSSR count). The molecule has 0 aromatic heterocycles. The van der Waals surface area contributed by atoms with E-state index in [4.69, 9.17) is 15.2 Å². The van der Waals surface area contributed by atoms with Gasteiger partial charge in [-0.1, -0.05) is 0 Å². The Kier molecular flexibility index (Phi) is 7.10. The number of carbonyl (C=O) groups is 1. The van der Waals surface area contributed by atoms with E-state index in [1.165, 1.54) is 6.42 Å². The van der Waals surface area contributed by atoms with Crippen LogP contribution in [0, 0.1) is 0 Å². The summed E-state index contributed by atoms with van der Waals surface area (Å²) in [4.78, 5) is 14.2. The molecule has 0 saturated carbocycles. The smallest absolute Gasteiger partial charge is 0.325 e. The van der Waals surface area contributed by atoms with E-state index in [1.54, 1.807) is 21.0 Å². The molecule has 0 bridgehead atoms. The number of hydrogen-bond donors (Lipinski definition) is 1. The zero-order chi connectivity index (χ0) is 15.9. The average molecular weight is 300 g/mol. The maximum Gasteiger partial charge on any atom is 0.325 e. The van der Waals surface area contributed by atoms with Gasteiger partial charge >= 0.3 is 5.97 Å². The molecule has 5 nitrogen and oxygen atoms in total. The van der Waals surface area contributed by atoms with Gasteiger partial charge in [-0.15, -0.1) is 0 Å². The van der Waals surface area contributed by atoms with Gasteiger partial charge in [0, 0.05) is 13.7 Å². The molecule has 0 aromatic rings. The number of hydrogen-bond acceptors (Lipinski definition) is 5. The van der Waals surface area contributed by atoms with Crippen molar-refractivity contribution in [2.75, 3.05) is 33.4 Å². The highest BCUT2D eigenvalue weighted by atomic mass is 16.5. The van der Waals surface area contributed by atoms with Gasteiger partial charge in [0.15, 0.2) is 0 Å². The summed E-state index contributed by atoms with van der Waals surface area (Å²) in [5.41, 5.74) is 5.15. The first kappa shape index (κ1) is 18.4. The SMILES string of the molecule is CCOC(=O)C(C)(N)CCCCN1CCCC(C)(OC)C1. The van der Waals surface area contributed by atoms with Crippen molar-refractivity contribution in [1.29, 1.82) is 0 Å². The minimum atomic E-state index is -0.862. The molecule has 1 heterocycles. The van der Waals surface area contributed by atoms with Gasteiger partial charge in [0.2, 0.25) is 0 Å². The number of esters is 1. The van der Waals surface area contributed by atoms with Crippen molar-refractivity contribution in [3.63, 3.8) is 0 Å². The Hall–Kier alpha value is -0.650. The molecule has 5 heteroatoms. The minimum Gasteiger partial charge on any atom is -0.465 e. The van der Waals surface area contributed by atoms with Gasteiger partial charge in [-0.2, -0.15) is 0 Å².